The number of carbonyl (C=O) groups excluding carboxylic acids is 1. The summed E-state index contributed by atoms with van der Waals surface area (Å²) < 4.78 is 20.4. The molecule has 208 valence electrons. The lowest BCUT2D eigenvalue weighted by Gasteiger charge is -2.23. The fraction of sp³-hybridized carbons (Fsp3) is 0.267. The Hall–Kier alpha value is -4.35. The Balaban J connectivity index is 1.36. The summed E-state index contributed by atoms with van der Waals surface area (Å²) in [7, 11) is 0. The van der Waals surface area contributed by atoms with Crippen LogP contribution >= 0.6 is 11.3 Å². The molecule has 0 unspecified atom stereocenters. The minimum Gasteiger partial charge on any atom is -0.419 e. The third kappa shape index (κ3) is 5.50. The van der Waals surface area contributed by atoms with Crippen LogP contribution in [0.5, 0.6) is 0 Å². The number of rotatable bonds is 7. The first-order valence-corrected chi connectivity index (χ1v) is 14.2. The van der Waals surface area contributed by atoms with Crippen LogP contribution in [-0.4, -0.2) is 42.5 Å². The van der Waals surface area contributed by atoms with Crippen LogP contribution in [0.1, 0.15) is 58.3 Å². The highest BCUT2D eigenvalue weighted by Crippen LogP contribution is 2.36. The average Bonchev–Trinajstić information content (AvgIpc) is 3.75. The molecule has 1 fully saturated rings. The molecule has 2 N–H and O–H groups in total. The molecule has 1 amide bonds. The highest BCUT2D eigenvalue weighted by atomic mass is 32.1. The summed E-state index contributed by atoms with van der Waals surface area (Å²) in [6.07, 6.45) is 6.74. The van der Waals surface area contributed by atoms with E-state index in [2.05, 4.69) is 25.1 Å². The zero-order chi connectivity index (χ0) is 28.6. The first-order chi connectivity index (χ1) is 19.8. The predicted octanol–water partition coefficient (Wildman–Crippen LogP) is 5.49. The summed E-state index contributed by atoms with van der Waals surface area (Å²) >= 11 is 1.58. The molecular weight excluding hydrogens is 541 g/mol. The zero-order valence-electron chi connectivity index (χ0n) is 22.6. The molecule has 0 radical (unpaired) electrons. The maximum Gasteiger partial charge on any atom is 0.254 e. The Labute approximate surface area is 240 Å². The van der Waals surface area contributed by atoms with Crippen molar-refractivity contribution in [1.29, 1.82) is 0 Å². The number of thiazole rings is 1. The lowest BCUT2D eigenvalue weighted by atomic mass is 9.93. The molecular formula is C30H28FN7O2S. The van der Waals surface area contributed by atoms with Crippen molar-refractivity contribution in [3.8, 4) is 22.7 Å². The van der Waals surface area contributed by atoms with Crippen LogP contribution in [0, 0.1) is 12.7 Å². The van der Waals surface area contributed by atoms with Gasteiger partial charge in [-0.3, -0.25) is 14.8 Å². The van der Waals surface area contributed by atoms with Gasteiger partial charge in [0.1, 0.15) is 10.8 Å². The van der Waals surface area contributed by atoms with E-state index in [9.17, 15) is 9.18 Å². The van der Waals surface area contributed by atoms with Gasteiger partial charge < -0.3 is 15.1 Å². The number of benzene rings is 2. The summed E-state index contributed by atoms with van der Waals surface area (Å²) in [6, 6.07) is 11.8. The number of aromatic nitrogens is 5. The maximum atomic E-state index is 14.3. The number of aryl methyl sites for hydroxylation is 1. The first-order valence-electron chi connectivity index (χ1n) is 13.3. The van der Waals surface area contributed by atoms with Crippen molar-refractivity contribution >= 4 is 17.2 Å². The van der Waals surface area contributed by atoms with Gasteiger partial charge in [-0.1, -0.05) is 18.2 Å². The van der Waals surface area contributed by atoms with Crippen molar-refractivity contribution in [2.75, 3.05) is 6.54 Å². The zero-order valence-corrected chi connectivity index (χ0v) is 23.4. The van der Waals surface area contributed by atoms with E-state index in [1.54, 1.807) is 67.2 Å². The van der Waals surface area contributed by atoms with Gasteiger partial charge in [0.15, 0.2) is 0 Å². The van der Waals surface area contributed by atoms with Crippen molar-refractivity contribution in [3.63, 3.8) is 0 Å². The Morgan fingerprint density at radius 3 is 2.78 bits per heavy atom. The SMILES string of the molecule is Cc1csc([C@H]2CCCN2C(=O)c2cc(-c3cnccn3)cc(-c3nnc([C@](C)(N)Cc4ccccc4F)o3)c2)n1. The molecule has 11 heteroatoms. The van der Waals surface area contributed by atoms with Crippen LogP contribution in [0.2, 0.25) is 0 Å². The summed E-state index contributed by atoms with van der Waals surface area (Å²) in [4.78, 5) is 29.1. The third-order valence-corrected chi connectivity index (χ3v) is 8.21. The molecule has 1 saturated heterocycles. The summed E-state index contributed by atoms with van der Waals surface area (Å²) in [5, 5.41) is 11.4. The van der Waals surface area contributed by atoms with E-state index in [1.807, 2.05) is 23.3 Å². The maximum absolute atomic E-state index is 14.3. The van der Waals surface area contributed by atoms with E-state index in [4.69, 9.17) is 10.2 Å². The second-order valence-electron chi connectivity index (χ2n) is 10.5. The summed E-state index contributed by atoms with van der Waals surface area (Å²) in [6.45, 7) is 4.31. The highest BCUT2D eigenvalue weighted by molar-refractivity contribution is 7.09. The van der Waals surface area contributed by atoms with Gasteiger partial charge in [0, 0.05) is 53.1 Å². The number of hydrogen-bond acceptors (Lipinski definition) is 9. The van der Waals surface area contributed by atoms with Gasteiger partial charge in [-0.25, -0.2) is 9.37 Å². The number of likely N-dealkylation sites (tertiary alicyclic amines) is 1. The van der Waals surface area contributed by atoms with E-state index in [0.717, 1.165) is 23.5 Å². The molecule has 2 atom stereocenters. The van der Waals surface area contributed by atoms with Crippen LogP contribution in [0.4, 0.5) is 4.39 Å². The predicted molar refractivity (Wildman–Crippen MR) is 152 cm³/mol. The lowest BCUT2D eigenvalue weighted by molar-refractivity contribution is 0.0735. The molecule has 0 saturated carbocycles. The lowest BCUT2D eigenvalue weighted by Crippen LogP contribution is -2.36. The molecule has 0 bridgehead atoms. The topological polar surface area (TPSA) is 124 Å². The van der Waals surface area contributed by atoms with Gasteiger partial charge in [-0.15, -0.1) is 21.5 Å². The van der Waals surface area contributed by atoms with Crippen molar-refractivity contribution in [1.82, 2.24) is 30.0 Å². The number of amides is 1. The molecule has 9 nitrogen and oxygen atoms in total. The van der Waals surface area contributed by atoms with Crippen LogP contribution in [0.15, 0.2) is 70.9 Å². The smallest absolute Gasteiger partial charge is 0.254 e. The molecule has 6 rings (SSSR count). The first kappa shape index (κ1) is 26.9. The van der Waals surface area contributed by atoms with E-state index < -0.39 is 5.54 Å². The van der Waals surface area contributed by atoms with E-state index in [-0.39, 0.29) is 36.0 Å². The molecule has 4 heterocycles. The summed E-state index contributed by atoms with van der Waals surface area (Å²) in [5.41, 5.74) is 9.10. The van der Waals surface area contributed by atoms with Crippen LogP contribution in [0.25, 0.3) is 22.7 Å². The molecule has 0 spiro atoms. The Bertz CT molecular complexity index is 1700. The van der Waals surface area contributed by atoms with Gasteiger partial charge >= 0.3 is 0 Å². The molecule has 41 heavy (non-hydrogen) atoms. The van der Waals surface area contributed by atoms with Crippen LogP contribution < -0.4 is 5.73 Å². The van der Waals surface area contributed by atoms with Gasteiger partial charge in [-0.05, 0) is 56.5 Å². The highest BCUT2D eigenvalue weighted by Gasteiger charge is 2.34. The molecule has 1 aliphatic rings. The van der Waals surface area contributed by atoms with Crippen molar-refractivity contribution in [2.24, 2.45) is 5.73 Å². The van der Waals surface area contributed by atoms with Crippen molar-refractivity contribution in [3.05, 3.63) is 100.0 Å². The van der Waals surface area contributed by atoms with E-state index >= 15 is 0 Å². The minimum atomic E-state index is -1.12. The number of nitrogens with two attached hydrogens (primary N) is 1. The second-order valence-corrected chi connectivity index (χ2v) is 11.4. The molecule has 1 aliphatic heterocycles. The monoisotopic (exact) mass is 569 g/mol. The van der Waals surface area contributed by atoms with Crippen molar-refractivity contribution in [2.45, 2.75) is 44.7 Å². The Kier molecular flexibility index (Phi) is 7.14. The number of carbonyl (C=O) groups is 1. The van der Waals surface area contributed by atoms with Crippen molar-refractivity contribution < 1.29 is 13.6 Å². The van der Waals surface area contributed by atoms with Crippen LogP contribution in [-0.2, 0) is 12.0 Å². The van der Waals surface area contributed by atoms with Crippen LogP contribution in [0.3, 0.4) is 0 Å². The quantitative estimate of drug-likeness (QED) is 0.273. The summed E-state index contributed by atoms with van der Waals surface area (Å²) in [5.74, 6) is -0.113. The molecule has 5 aromatic rings. The Morgan fingerprint density at radius 2 is 2.02 bits per heavy atom. The van der Waals surface area contributed by atoms with Gasteiger partial charge in [0.05, 0.1) is 23.5 Å². The molecule has 3 aromatic heterocycles. The fourth-order valence-electron chi connectivity index (χ4n) is 5.11. The second kappa shape index (κ2) is 10.9. The fourth-order valence-corrected chi connectivity index (χ4v) is 6.05. The number of hydrogen-bond donors (Lipinski definition) is 1. The van der Waals surface area contributed by atoms with Gasteiger partial charge in [0.2, 0.25) is 11.8 Å². The number of halogens is 1. The Morgan fingerprint density at radius 1 is 1.20 bits per heavy atom. The van der Waals surface area contributed by atoms with E-state index in [0.29, 0.717) is 34.5 Å². The van der Waals surface area contributed by atoms with Gasteiger partial charge in [-0.2, -0.15) is 0 Å². The molecule has 0 aliphatic carbocycles. The largest absolute Gasteiger partial charge is 0.419 e. The molecule has 2 aromatic carbocycles. The normalized spacial score (nSPS) is 16.6. The average molecular weight is 570 g/mol. The standard InChI is InChI=1S/C30H28FN7O2S/c1-18-17-41-27(35-18)25-8-5-11-38(25)28(39)22-13-20(24-16-33-9-10-34-24)12-21(14-22)26-36-37-29(40-26)30(2,32)15-19-6-3-4-7-23(19)31/h3-4,6-7,9-10,12-14,16-17,25H,5,8,11,15,32H2,1-2H3/t25-,30-/m1/s1. The van der Waals surface area contributed by atoms with Gasteiger partial charge in [0.25, 0.3) is 5.91 Å². The minimum absolute atomic E-state index is 0.0730. The number of nitrogens with zero attached hydrogens (tertiary/aromatic N) is 6. The third-order valence-electron chi connectivity index (χ3n) is 7.15. The van der Waals surface area contributed by atoms with E-state index in [1.165, 1.54) is 6.07 Å².